The van der Waals surface area contributed by atoms with E-state index in [0.29, 0.717) is 12.4 Å². The lowest BCUT2D eigenvalue weighted by atomic mass is 10.2. The SMILES string of the molecule is N#Cc1nccnc1NCc1cccc(F)c1. The van der Waals surface area contributed by atoms with Gasteiger partial charge in [0.2, 0.25) is 0 Å². The molecule has 0 spiro atoms. The van der Waals surface area contributed by atoms with Crippen molar-refractivity contribution in [3.63, 3.8) is 0 Å². The predicted molar refractivity (Wildman–Crippen MR) is 60.5 cm³/mol. The van der Waals surface area contributed by atoms with Crippen LogP contribution in [0.2, 0.25) is 0 Å². The highest BCUT2D eigenvalue weighted by Gasteiger charge is 2.03. The van der Waals surface area contributed by atoms with E-state index in [9.17, 15) is 4.39 Å². The number of hydrogen-bond donors (Lipinski definition) is 1. The molecule has 0 bridgehead atoms. The van der Waals surface area contributed by atoms with Crippen molar-refractivity contribution in [3.05, 3.63) is 53.7 Å². The van der Waals surface area contributed by atoms with Gasteiger partial charge in [0.1, 0.15) is 11.9 Å². The first-order valence-corrected chi connectivity index (χ1v) is 4.99. The molecule has 0 fully saturated rings. The molecule has 0 aliphatic rings. The summed E-state index contributed by atoms with van der Waals surface area (Å²) < 4.78 is 12.9. The molecule has 1 N–H and O–H groups in total. The molecule has 0 aliphatic heterocycles. The third-order valence-corrected chi connectivity index (χ3v) is 2.15. The maximum atomic E-state index is 12.9. The summed E-state index contributed by atoms with van der Waals surface area (Å²) in [5.74, 6) is 0.114. The zero-order chi connectivity index (χ0) is 12.1. The normalized spacial score (nSPS) is 9.65. The van der Waals surface area contributed by atoms with Crippen molar-refractivity contribution < 1.29 is 4.39 Å². The fraction of sp³-hybridized carbons (Fsp3) is 0.0833. The van der Waals surface area contributed by atoms with Crippen LogP contribution in [0.1, 0.15) is 11.3 Å². The molecule has 2 rings (SSSR count). The molecule has 2 aromatic rings. The van der Waals surface area contributed by atoms with Crippen LogP contribution in [-0.4, -0.2) is 9.97 Å². The van der Waals surface area contributed by atoms with Gasteiger partial charge in [0.15, 0.2) is 11.5 Å². The number of benzene rings is 1. The molecule has 17 heavy (non-hydrogen) atoms. The van der Waals surface area contributed by atoms with Gasteiger partial charge in [0.25, 0.3) is 0 Å². The zero-order valence-electron chi connectivity index (χ0n) is 8.89. The summed E-state index contributed by atoms with van der Waals surface area (Å²) in [7, 11) is 0. The van der Waals surface area contributed by atoms with E-state index >= 15 is 0 Å². The predicted octanol–water partition coefficient (Wildman–Crippen LogP) is 2.10. The molecule has 0 unspecified atom stereocenters. The summed E-state index contributed by atoms with van der Waals surface area (Å²) in [6.45, 7) is 0.394. The van der Waals surface area contributed by atoms with E-state index in [2.05, 4.69) is 15.3 Å². The van der Waals surface area contributed by atoms with Crippen LogP contribution in [0.5, 0.6) is 0 Å². The Bertz CT molecular complexity index is 562. The van der Waals surface area contributed by atoms with Crippen LogP contribution >= 0.6 is 0 Å². The van der Waals surface area contributed by atoms with Crippen molar-refractivity contribution in [3.8, 4) is 6.07 Å². The molecule has 0 aliphatic carbocycles. The molecule has 4 nitrogen and oxygen atoms in total. The maximum Gasteiger partial charge on any atom is 0.182 e. The largest absolute Gasteiger partial charge is 0.364 e. The van der Waals surface area contributed by atoms with Crippen molar-refractivity contribution >= 4 is 5.82 Å². The average Bonchev–Trinajstić information content (AvgIpc) is 2.37. The van der Waals surface area contributed by atoms with Gasteiger partial charge in [-0.15, -0.1) is 0 Å². The third kappa shape index (κ3) is 2.75. The summed E-state index contributed by atoms with van der Waals surface area (Å²) >= 11 is 0. The highest BCUT2D eigenvalue weighted by Crippen LogP contribution is 2.10. The van der Waals surface area contributed by atoms with E-state index in [4.69, 9.17) is 5.26 Å². The molecule has 1 aromatic heterocycles. The summed E-state index contributed by atoms with van der Waals surface area (Å²) in [5.41, 5.74) is 1.00. The lowest BCUT2D eigenvalue weighted by Crippen LogP contribution is -2.04. The van der Waals surface area contributed by atoms with Gasteiger partial charge in [0, 0.05) is 18.9 Å². The molecule has 84 valence electrons. The number of aromatic nitrogens is 2. The fourth-order valence-corrected chi connectivity index (χ4v) is 1.38. The average molecular weight is 228 g/mol. The van der Waals surface area contributed by atoms with Crippen molar-refractivity contribution in [2.24, 2.45) is 0 Å². The van der Waals surface area contributed by atoms with E-state index < -0.39 is 0 Å². The van der Waals surface area contributed by atoms with Gasteiger partial charge < -0.3 is 5.32 Å². The zero-order valence-corrected chi connectivity index (χ0v) is 8.89. The lowest BCUT2D eigenvalue weighted by molar-refractivity contribution is 0.626. The maximum absolute atomic E-state index is 12.9. The molecular weight excluding hydrogens is 219 g/mol. The number of nitrogens with zero attached hydrogens (tertiary/aromatic N) is 3. The van der Waals surface area contributed by atoms with Gasteiger partial charge in [-0.05, 0) is 17.7 Å². The summed E-state index contributed by atoms with van der Waals surface area (Å²) in [6, 6.07) is 8.16. The molecule has 0 saturated heterocycles. The first-order chi connectivity index (χ1) is 8.29. The smallest absolute Gasteiger partial charge is 0.182 e. The minimum absolute atomic E-state index is 0.226. The van der Waals surface area contributed by atoms with E-state index in [1.807, 2.05) is 6.07 Å². The number of nitriles is 1. The van der Waals surface area contributed by atoms with Gasteiger partial charge >= 0.3 is 0 Å². The molecule has 0 atom stereocenters. The van der Waals surface area contributed by atoms with E-state index in [1.54, 1.807) is 12.1 Å². The Kier molecular flexibility index (Phi) is 3.26. The number of nitrogens with one attached hydrogen (secondary N) is 1. The lowest BCUT2D eigenvalue weighted by Gasteiger charge is -2.06. The first kappa shape index (κ1) is 11.0. The number of rotatable bonds is 3. The summed E-state index contributed by atoms with van der Waals surface area (Å²) in [5, 5.41) is 11.8. The molecule has 0 amide bonds. The van der Waals surface area contributed by atoms with Crippen LogP contribution in [-0.2, 0) is 6.54 Å². The Morgan fingerprint density at radius 2 is 2.12 bits per heavy atom. The van der Waals surface area contributed by atoms with Crippen molar-refractivity contribution in [1.29, 1.82) is 5.26 Å². The monoisotopic (exact) mass is 228 g/mol. The Hall–Kier alpha value is -2.48. The Morgan fingerprint density at radius 1 is 1.29 bits per heavy atom. The fourth-order valence-electron chi connectivity index (χ4n) is 1.38. The molecule has 0 radical (unpaired) electrons. The molecule has 5 heteroatoms. The highest BCUT2D eigenvalue weighted by molar-refractivity contribution is 5.47. The number of anilines is 1. The number of hydrogen-bond acceptors (Lipinski definition) is 4. The Balaban J connectivity index is 2.10. The summed E-state index contributed by atoms with van der Waals surface area (Å²) in [6.07, 6.45) is 2.95. The van der Waals surface area contributed by atoms with Crippen LogP contribution < -0.4 is 5.32 Å². The molecule has 1 heterocycles. The minimum atomic E-state index is -0.288. The quantitative estimate of drug-likeness (QED) is 0.873. The van der Waals surface area contributed by atoms with Crippen LogP contribution in [0.25, 0.3) is 0 Å². The molecular formula is C12H9FN4. The van der Waals surface area contributed by atoms with Crippen molar-refractivity contribution in [1.82, 2.24) is 9.97 Å². The standard InChI is InChI=1S/C12H9FN4/c13-10-3-1-2-9(6-10)8-17-12-11(7-14)15-4-5-16-12/h1-6H,8H2,(H,16,17). The van der Waals surface area contributed by atoms with E-state index in [0.717, 1.165) is 5.56 Å². The van der Waals surface area contributed by atoms with Crippen molar-refractivity contribution in [2.75, 3.05) is 5.32 Å². The highest BCUT2D eigenvalue weighted by atomic mass is 19.1. The van der Waals surface area contributed by atoms with Gasteiger partial charge in [0.05, 0.1) is 0 Å². The summed E-state index contributed by atoms with van der Waals surface area (Å²) in [4.78, 5) is 7.86. The first-order valence-electron chi connectivity index (χ1n) is 4.99. The van der Waals surface area contributed by atoms with Gasteiger partial charge in [-0.3, -0.25) is 0 Å². The molecule has 1 aromatic carbocycles. The van der Waals surface area contributed by atoms with Gasteiger partial charge in [-0.2, -0.15) is 5.26 Å². The van der Waals surface area contributed by atoms with Crippen LogP contribution in [0.4, 0.5) is 10.2 Å². The Labute approximate surface area is 97.8 Å². The van der Waals surface area contributed by atoms with E-state index in [1.165, 1.54) is 24.5 Å². The minimum Gasteiger partial charge on any atom is -0.364 e. The van der Waals surface area contributed by atoms with Crippen molar-refractivity contribution in [2.45, 2.75) is 6.54 Å². The second kappa shape index (κ2) is 5.03. The Morgan fingerprint density at radius 3 is 2.88 bits per heavy atom. The van der Waals surface area contributed by atoms with Crippen LogP contribution in [0.3, 0.4) is 0 Å². The van der Waals surface area contributed by atoms with Crippen LogP contribution in [0, 0.1) is 17.1 Å². The van der Waals surface area contributed by atoms with Crippen LogP contribution in [0.15, 0.2) is 36.7 Å². The van der Waals surface area contributed by atoms with Gasteiger partial charge in [-0.1, -0.05) is 12.1 Å². The second-order valence-corrected chi connectivity index (χ2v) is 3.35. The molecule has 0 saturated carbocycles. The van der Waals surface area contributed by atoms with Gasteiger partial charge in [-0.25, -0.2) is 14.4 Å². The topological polar surface area (TPSA) is 61.6 Å². The third-order valence-electron chi connectivity index (χ3n) is 2.15. The van der Waals surface area contributed by atoms with E-state index in [-0.39, 0.29) is 11.5 Å². The second-order valence-electron chi connectivity index (χ2n) is 3.35. The number of halogens is 1.